The molecular weight excluding hydrogens is 258 g/mol. The van der Waals surface area contributed by atoms with Gasteiger partial charge in [0.2, 0.25) is 0 Å². The van der Waals surface area contributed by atoms with Gasteiger partial charge in [-0.05, 0) is 26.2 Å². The Balaban J connectivity index is 2.35. The zero-order chi connectivity index (χ0) is 15.0. The van der Waals surface area contributed by atoms with Crippen LogP contribution in [0.3, 0.4) is 0 Å². The van der Waals surface area contributed by atoms with Crippen LogP contribution in [0.1, 0.15) is 31.4 Å². The van der Waals surface area contributed by atoms with Gasteiger partial charge < -0.3 is 10.4 Å². The van der Waals surface area contributed by atoms with Crippen LogP contribution in [-0.4, -0.2) is 33.9 Å². The molecule has 0 amide bonds. The van der Waals surface area contributed by atoms with Crippen molar-refractivity contribution in [1.82, 2.24) is 9.13 Å². The van der Waals surface area contributed by atoms with Crippen molar-refractivity contribution in [1.29, 1.82) is 0 Å². The molecule has 3 N–H and O–H groups in total. The van der Waals surface area contributed by atoms with E-state index < -0.39 is 0 Å². The fourth-order valence-corrected chi connectivity index (χ4v) is 2.20. The van der Waals surface area contributed by atoms with Crippen molar-refractivity contribution in [2.45, 2.75) is 39.2 Å². The van der Waals surface area contributed by atoms with Gasteiger partial charge in [0, 0.05) is 25.4 Å². The van der Waals surface area contributed by atoms with Gasteiger partial charge in [-0.1, -0.05) is 6.42 Å². The average Bonchev–Trinajstić information content (AvgIpc) is 2.42. The van der Waals surface area contributed by atoms with E-state index in [9.17, 15) is 9.59 Å². The summed E-state index contributed by atoms with van der Waals surface area (Å²) in [5.41, 5.74) is 0.254. The minimum absolute atomic E-state index is 0.230. The van der Waals surface area contributed by atoms with Gasteiger partial charge >= 0.3 is 5.69 Å². The molecule has 0 fully saturated rings. The zero-order valence-electron chi connectivity index (χ0n) is 12.5. The Kier molecular flexibility index (Phi) is 7.25. The fraction of sp³-hybridized carbons (Fsp3) is 0.714. The molecule has 1 heterocycles. The molecule has 0 saturated heterocycles. The number of nitrogens with two attached hydrogens (primary N) is 1. The maximum absolute atomic E-state index is 11.9. The Morgan fingerprint density at radius 1 is 1.15 bits per heavy atom. The van der Waals surface area contributed by atoms with Crippen LogP contribution in [0.15, 0.2) is 15.7 Å². The summed E-state index contributed by atoms with van der Waals surface area (Å²) >= 11 is 0. The molecule has 0 aliphatic carbocycles. The first-order chi connectivity index (χ1) is 9.57. The van der Waals surface area contributed by atoms with E-state index in [1.54, 1.807) is 11.5 Å². The number of aliphatic hydroxyl groups is 1. The summed E-state index contributed by atoms with van der Waals surface area (Å²) in [5, 5.41) is 10.8. The molecule has 1 rings (SSSR count). The second-order valence-corrected chi connectivity index (χ2v) is 5.12. The quantitative estimate of drug-likeness (QED) is 0.569. The van der Waals surface area contributed by atoms with Gasteiger partial charge in [0.05, 0.1) is 19.7 Å². The average molecular weight is 284 g/mol. The van der Waals surface area contributed by atoms with E-state index in [2.05, 4.69) is 5.32 Å². The van der Waals surface area contributed by atoms with Gasteiger partial charge in [0.1, 0.15) is 0 Å². The summed E-state index contributed by atoms with van der Waals surface area (Å²) in [6.07, 6.45) is 4.27. The van der Waals surface area contributed by atoms with Crippen LogP contribution in [0, 0.1) is 6.92 Å². The second kappa shape index (κ2) is 8.71. The van der Waals surface area contributed by atoms with Crippen molar-refractivity contribution in [2.24, 2.45) is 7.05 Å². The van der Waals surface area contributed by atoms with Crippen molar-refractivity contribution >= 4 is 0 Å². The largest absolute Gasteiger partial charge is 0.391 e. The molecule has 0 saturated carbocycles. The third kappa shape index (κ3) is 4.94. The van der Waals surface area contributed by atoms with E-state index in [0.717, 1.165) is 49.0 Å². The number of unbranched alkanes of at least 4 members (excludes halogenated alkanes) is 3. The van der Waals surface area contributed by atoms with Crippen molar-refractivity contribution < 1.29 is 10.4 Å². The second-order valence-electron chi connectivity index (χ2n) is 5.12. The first-order valence-electron chi connectivity index (χ1n) is 7.28. The molecule has 6 heteroatoms. The normalized spacial score (nSPS) is 10.9. The smallest absolute Gasteiger partial charge is 0.330 e. The highest BCUT2D eigenvalue weighted by Gasteiger charge is 2.05. The highest BCUT2D eigenvalue weighted by atomic mass is 16.3. The lowest BCUT2D eigenvalue weighted by atomic mass is 10.2. The Morgan fingerprint density at radius 2 is 1.85 bits per heavy atom. The van der Waals surface area contributed by atoms with Crippen LogP contribution in [0.2, 0.25) is 0 Å². The standard InChI is InChI=1S/C14H25N3O3/c1-12-11-13(19)16(2)14(20)17(12)9-6-4-3-5-7-15-8-10-18/h11,15,18H,3-10H2,1-2H3/p+1. The lowest BCUT2D eigenvalue weighted by molar-refractivity contribution is -0.656. The molecule has 0 aromatic carbocycles. The molecule has 0 atom stereocenters. The highest BCUT2D eigenvalue weighted by Crippen LogP contribution is 2.01. The molecule has 0 spiro atoms. The number of hydrogen-bond donors (Lipinski definition) is 2. The van der Waals surface area contributed by atoms with E-state index in [0.29, 0.717) is 6.54 Å². The third-order valence-corrected chi connectivity index (χ3v) is 3.48. The number of quaternary nitrogens is 1. The monoisotopic (exact) mass is 284 g/mol. The van der Waals surface area contributed by atoms with E-state index in [1.807, 2.05) is 0 Å². The predicted molar refractivity (Wildman–Crippen MR) is 77.9 cm³/mol. The van der Waals surface area contributed by atoms with Gasteiger partial charge in [-0.3, -0.25) is 13.9 Å². The molecule has 114 valence electrons. The SMILES string of the molecule is Cc1cc(=O)n(C)c(=O)n1CCCCCC[NH2+]CCO. The first-order valence-corrected chi connectivity index (χ1v) is 7.28. The molecule has 0 unspecified atom stereocenters. The Bertz CT molecular complexity index is 519. The molecule has 1 aromatic heterocycles. The van der Waals surface area contributed by atoms with E-state index in [1.165, 1.54) is 13.1 Å². The first kappa shape index (κ1) is 16.7. The van der Waals surface area contributed by atoms with Crippen LogP contribution in [-0.2, 0) is 13.6 Å². The van der Waals surface area contributed by atoms with E-state index >= 15 is 0 Å². The number of hydrogen-bond acceptors (Lipinski definition) is 3. The number of rotatable bonds is 9. The molecule has 0 bridgehead atoms. The van der Waals surface area contributed by atoms with Crippen molar-refractivity contribution in [2.75, 3.05) is 19.7 Å². The summed E-state index contributed by atoms with van der Waals surface area (Å²) < 4.78 is 2.82. The highest BCUT2D eigenvalue weighted by molar-refractivity contribution is 4.99. The lowest BCUT2D eigenvalue weighted by Gasteiger charge is -2.10. The van der Waals surface area contributed by atoms with Gasteiger partial charge in [0.15, 0.2) is 0 Å². The maximum atomic E-state index is 11.9. The van der Waals surface area contributed by atoms with E-state index in [4.69, 9.17) is 5.11 Å². The third-order valence-electron chi connectivity index (χ3n) is 3.48. The number of aromatic nitrogens is 2. The van der Waals surface area contributed by atoms with Crippen LogP contribution in [0.25, 0.3) is 0 Å². The van der Waals surface area contributed by atoms with Gasteiger partial charge in [-0.2, -0.15) is 0 Å². The molecule has 6 nitrogen and oxygen atoms in total. The summed E-state index contributed by atoms with van der Waals surface area (Å²) in [4.78, 5) is 23.4. The molecule has 0 aliphatic rings. The summed E-state index contributed by atoms with van der Waals surface area (Å²) in [5.74, 6) is 0. The number of aryl methyl sites for hydroxylation is 1. The van der Waals surface area contributed by atoms with Gasteiger partial charge in [-0.15, -0.1) is 0 Å². The van der Waals surface area contributed by atoms with E-state index in [-0.39, 0.29) is 17.9 Å². The zero-order valence-corrected chi connectivity index (χ0v) is 12.5. The molecule has 0 aliphatic heterocycles. The lowest BCUT2D eigenvalue weighted by Crippen LogP contribution is -2.85. The number of aliphatic hydroxyl groups excluding tert-OH is 1. The molecule has 0 radical (unpaired) electrons. The fourth-order valence-electron chi connectivity index (χ4n) is 2.20. The minimum atomic E-state index is -0.247. The Labute approximate surface area is 119 Å². The molecular formula is C14H26N3O3+. The molecule has 20 heavy (non-hydrogen) atoms. The maximum Gasteiger partial charge on any atom is 0.330 e. The minimum Gasteiger partial charge on any atom is -0.391 e. The van der Waals surface area contributed by atoms with Gasteiger partial charge in [-0.25, -0.2) is 4.79 Å². The van der Waals surface area contributed by atoms with Crippen molar-refractivity contribution in [3.05, 3.63) is 32.6 Å². The Morgan fingerprint density at radius 3 is 2.55 bits per heavy atom. The van der Waals surface area contributed by atoms with Crippen LogP contribution in [0.4, 0.5) is 0 Å². The van der Waals surface area contributed by atoms with Gasteiger partial charge in [0.25, 0.3) is 5.56 Å². The van der Waals surface area contributed by atoms with Crippen LogP contribution < -0.4 is 16.6 Å². The Hall–Kier alpha value is -1.40. The van der Waals surface area contributed by atoms with Crippen molar-refractivity contribution in [3.63, 3.8) is 0 Å². The summed E-state index contributed by atoms with van der Waals surface area (Å²) in [7, 11) is 1.51. The summed E-state index contributed by atoms with van der Waals surface area (Å²) in [6, 6.07) is 1.51. The predicted octanol–water partition coefficient (Wildman–Crippen LogP) is -1.03. The van der Waals surface area contributed by atoms with Crippen molar-refractivity contribution in [3.8, 4) is 0 Å². The van der Waals surface area contributed by atoms with Crippen LogP contribution >= 0.6 is 0 Å². The number of nitrogens with zero attached hydrogens (tertiary/aromatic N) is 2. The molecule has 1 aromatic rings. The van der Waals surface area contributed by atoms with Crippen LogP contribution in [0.5, 0.6) is 0 Å². The topological polar surface area (TPSA) is 80.8 Å². The summed E-state index contributed by atoms with van der Waals surface area (Å²) in [6.45, 7) is 4.51.